The maximum Gasteiger partial charge on any atom is 0.252 e. The van der Waals surface area contributed by atoms with Crippen molar-refractivity contribution < 1.29 is 29.0 Å². The van der Waals surface area contributed by atoms with E-state index in [0.717, 1.165) is 5.56 Å². The molecule has 8 heteroatoms. The van der Waals surface area contributed by atoms with Gasteiger partial charge in [-0.25, -0.2) is 0 Å². The van der Waals surface area contributed by atoms with Crippen LogP contribution in [0, 0.1) is 0 Å². The van der Waals surface area contributed by atoms with E-state index in [0.29, 0.717) is 22.6 Å². The third-order valence-electron chi connectivity index (χ3n) is 5.13. The molecule has 1 aliphatic heterocycles. The Morgan fingerprint density at radius 1 is 0.848 bits per heavy atom. The molecule has 3 N–H and O–H groups in total. The van der Waals surface area contributed by atoms with Gasteiger partial charge in [-0.2, -0.15) is 0 Å². The molecule has 0 fully saturated rings. The molecule has 0 bridgehead atoms. The Balaban J connectivity index is 1.38. The Kier molecular flexibility index (Phi) is 6.66. The molecule has 1 atom stereocenters. The first-order chi connectivity index (χ1) is 16.0. The van der Waals surface area contributed by atoms with Gasteiger partial charge in [-0.3, -0.25) is 14.4 Å². The Bertz CT molecular complexity index is 1180. The highest BCUT2D eigenvalue weighted by molar-refractivity contribution is 6.10. The Labute approximate surface area is 190 Å². The minimum atomic E-state index is -1.15. The van der Waals surface area contributed by atoms with Crippen molar-refractivity contribution in [3.05, 3.63) is 95.1 Å². The van der Waals surface area contributed by atoms with Crippen LogP contribution in [0.4, 0.5) is 0 Å². The third-order valence-corrected chi connectivity index (χ3v) is 5.13. The lowest BCUT2D eigenvalue weighted by molar-refractivity contribution is -0.124. The summed E-state index contributed by atoms with van der Waals surface area (Å²) < 4.78 is 10.6. The van der Waals surface area contributed by atoms with Gasteiger partial charge in [-0.15, -0.1) is 0 Å². The summed E-state index contributed by atoms with van der Waals surface area (Å²) in [7, 11) is 0. The van der Waals surface area contributed by atoms with Gasteiger partial charge in [0.15, 0.2) is 17.3 Å². The predicted molar refractivity (Wildman–Crippen MR) is 119 cm³/mol. The van der Waals surface area contributed by atoms with E-state index in [1.54, 1.807) is 54.6 Å². The quantitative estimate of drug-likeness (QED) is 0.457. The molecule has 1 heterocycles. The van der Waals surface area contributed by atoms with E-state index in [9.17, 15) is 19.5 Å². The molecule has 0 saturated heterocycles. The molecule has 8 nitrogen and oxygen atoms in total. The van der Waals surface area contributed by atoms with Crippen LogP contribution in [-0.4, -0.2) is 42.1 Å². The molecule has 0 aromatic heterocycles. The normalized spacial score (nSPS) is 12.6. The van der Waals surface area contributed by atoms with Gasteiger partial charge in [-0.05, 0) is 29.8 Å². The number of fused-ring (bicyclic) bond motifs is 1. The summed E-state index contributed by atoms with van der Waals surface area (Å²) in [4.78, 5) is 37.8. The van der Waals surface area contributed by atoms with Crippen molar-refractivity contribution in [1.29, 1.82) is 0 Å². The monoisotopic (exact) mass is 446 g/mol. The predicted octanol–water partition coefficient (Wildman–Crippen LogP) is 2.05. The zero-order valence-electron chi connectivity index (χ0n) is 17.6. The van der Waals surface area contributed by atoms with E-state index in [-0.39, 0.29) is 24.7 Å². The summed E-state index contributed by atoms with van der Waals surface area (Å²) in [6, 6.07) is 19.1. The molecule has 0 unspecified atom stereocenters. The molecule has 4 rings (SSSR count). The van der Waals surface area contributed by atoms with Crippen molar-refractivity contribution in [3.63, 3.8) is 0 Å². The van der Waals surface area contributed by atoms with Crippen LogP contribution in [0.2, 0.25) is 0 Å². The number of nitrogens with one attached hydrogen (secondary N) is 2. The number of amides is 2. The zero-order chi connectivity index (χ0) is 23.2. The van der Waals surface area contributed by atoms with Crippen molar-refractivity contribution in [2.75, 3.05) is 13.4 Å². The molecular formula is C25H22N2O6. The highest BCUT2D eigenvalue weighted by Gasteiger charge is 2.22. The van der Waals surface area contributed by atoms with E-state index in [4.69, 9.17) is 9.47 Å². The summed E-state index contributed by atoms with van der Waals surface area (Å²) in [5, 5.41) is 14.8. The largest absolute Gasteiger partial charge is 0.454 e. The summed E-state index contributed by atoms with van der Waals surface area (Å²) >= 11 is 0. The maximum atomic E-state index is 12.7. The highest BCUT2D eigenvalue weighted by Crippen LogP contribution is 2.32. The van der Waals surface area contributed by atoms with Crippen LogP contribution in [0.25, 0.3) is 0 Å². The van der Waals surface area contributed by atoms with Crippen LogP contribution in [0.1, 0.15) is 31.8 Å². The van der Waals surface area contributed by atoms with Crippen molar-refractivity contribution in [3.8, 4) is 11.5 Å². The second kappa shape index (κ2) is 9.97. The van der Waals surface area contributed by atoms with Crippen molar-refractivity contribution in [1.82, 2.24) is 10.6 Å². The molecular weight excluding hydrogens is 424 g/mol. The molecule has 3 aromatic rings. The molecule has 2 amide bonds. The lowest BCUT2D eigenvalue weighted by atomic mass is 10.0. The Hall–Kier alpha value is -4.17. The van der Waals surface area contributed by atoms with E-state index in [2.05, 4.69) is 10.6 Å². The number of ether oxygens (including phenoxy) is 2. The van der Waals surface area contributed by atoms with Crippen LogP contribution in [-0.2, 0) is 11.3 Å². The van der Waals surface area contributed by atoms with Gasteiger partial charge in [0, 0.05) is 23.2 Å². The van der Waals surface area contributed by atoms with E-state index in [1.165, 1.54) is 12.1 Å². The molecule has 3 aromatic carbocycles. The van der Waals surface area contributed by atoms with E-state index in [1.807, 2.05) is 6.07 Å². The molecule has 0 saturated carbocycles. The van der Waals surface area contributed by atoms with Gasteiger partial charge in [0.1, 0.15) is 6.04 Å². The molecule has 33 heavy (non-hydrogen) atoms. The molecule has 0 spiro atoms. The first-order valence-electron chi connectivity index (χ1n) is 10.3. The number of hydrogen-bond donors (Lipinski definition) is 3. The number of carbonyl (C=O) groups excluding carboxylic acids is 3. The lowest BCUT2D eigenvalue weighted by Crippen LogP contribution is -2.48. The fraction of sp³-hybridized carbons (Fsp3) is 0.160. The lowest BCUT2D eigenvalue weighted by Gasteiger charge is -2.16. The summed E-state index contributed by atoms with van der Waals surface area (Å²) in [6.07, 6.45) is 0. The number of rotatable bonds is 8. The second-order valence-corrected chi connectivity index (χ2v) is 7.39. The molecule has 0 radical (unpaired) electrons. The highest BCUT2D eigenvalue weighted by atomic mass is 16.7. The molecule has 1 aliphatic rings. The average molecular weight is 446 g/mol. The average Bonchev–Trinajstić information content (AvgIpc) is 3.34. The Morgan fingerprint density at radius 2 is 1.58 bits per heavy atom. The van der Waals surface area contributed by atoms with Crippen LogP contribution in [0.5, 0.6) is 11.5 Å². The van der Waals surface area contributed by atoms with Gasteiger partial charge in [0.2, 0.25) is 12.7 Å². The van der Waals surface area contributed by atoms with Crippen LogP contribution >= 0.6 is 0 Å². The van der Waals surface area contributed by atoms with Crippen molar-refractivity contribution in [2.45, 2.75) is 12.6 Å². The molecule has 0 aliphatic carbocycles. The number of ketones is 1. The maximum absolute atomic E-state index is 12.7. The second-order valence-electron chi connectivity index (χ2n) is 7.39. The number of carbonyl (C=O) groups is 3. The minimum absolute atomic E-state index is 0.155. The fourth-order valence-corrected chi connectivity index (χ4v) is 3.36. The number of benzene rings is 3. The summed E-state index contributed by atoms with van der Waals surface area (Å²) in [6.45, 7) is -0.244. The third kappa shape index (κ3) is 5.19. The van der Waals surface area contributed by atoms with E-state index >= 15 is 0 Å². The van der Waals surface area contributed by atoms with E-state index < -0.39 is 24.5 Å². The van der Waals surface area contributed by atoms with Crippen molar-refractivity contribution >= 4 is 17.6 Å². The smallest absolute Gasteiger partial charge is 0.252 e. The van der Waals surface area contributed by atoms with Gasteiger partial charge in [-0.1, -0.05) is 48.5 Å². The van der Waals surface area contributed by atoms with Crippen LogP contribution < -0.4 is 20.1 Å². The first kappa shape index (κ1) is 22.0. The van der Waals surface area contributed by atoms with Gasteiger partial charge in [0.25, 0.3) is 5.91 Å². The number of aliphatic hydroxyl groups excluding tert-OH is 1. The van der Waals surface area contributed by atoms with Crippen LogP contribution in [0.3, 0.4) is 0 Å². The topological polar surface area (TPSA) is 114 Å². The molecule has 168 valence electrons. The number of hydrogen-bond acceptors (Lipinski definition) is 6. The van der Waals surface area contributed by atoms with Crippen molar-refractivity contribution in [2.24, 2.45) is 0 Å². The Morgan fingerprint density at radius 3 is 2.36 bits per heavy atom. The number of aliphatic hydroxyl groups is 1. The first-order valence-corrected chi connectivity index (χ1v) is 10.3. The fourth-order valence-electron chi connectivity index (χ4n) is 3.36. The summed E-state index contributed by atoms with van der Waals surface area (Å²) in [5.74, 6) is -0.0994. The zero-order valence-corrected chi connectivity index (χ0v) is 17.6. The SMILES string of the molecule is O=C(N[C@@H](CO)C(=O)NCc1ccc2c(c1)OCO2)c1cccc(C(=O)c2ccccc2)c1. The van der Waals surface area contributed by atoms with Gasteiger partial charge < -0.3 is 25.2 Å². The minimum Gasteiger partial charge on any atom is -0.454 e. The van der Waals surface area contributed by atoms with Crippen LogP contribution in [0.15, 0.2) is 72.8 Å². The van der Waals surface area contributed by atoms with Gasteiger partial charge >= 0.3 is 0 Å². The summed E-state index contributed by atoms with van der Waals surface area (Å²) in [5.41, 5.74) is 1.84. The van der Waals surface area contributed by atoms with Gasteiger partial charge in [0.05, 0.1) is 6.61 Å². The standard InChI is InChI=1S/C25H22N2O6/c28-14-20(25(31)26-13-16-9-10-21-22(11-16)33-15-32-21)27-24(30)19-8-4-7-18(12-19)23(29)17-5-2-1-3-6-17/h1-12,20,28H,13-15H2,(H,26,31)(H,27,30)/t20-/m0/s1.